The molecule has 0 amide bonds. The van der Waals surface area contributed by atoms with Crippen molar-refractivity contribution in [1.82, 2.24) is 5.32 Å². The van der Waals surface area contributed by atoms with Crippen LogP contribution in [0.5, 0.6) is 0 Å². The van der Waals surface area contributed by atoms with Crippen LogP contribution >= 0.6 is 11.6 Å². The summed E-state index contributed by atoms with van der Waals surface area (Å²) in [6, 6.07) is 22.5. The summed E-state index contributed by atoms with van der Waals surface area (Å²) in [6.45, 7) is 3.67. The lowest BCUT2D eigenvalue weighted by Gasteiger charge is -2.24. The molecular weight excluding hydrogens is 354 g/mol. The van der Waals surface area contributed by atoms with Crippen LogP contribution in [0, 0.1) is 28.6 Å². The minimum atomic E-state index is -0.442. The maximum absolute atomic E-state index is 9.53. The lowest BCUT2D eigenvalue weighted by atomic mass is 9.86. The van der Waals surface area contributed by atoms with E-state index in [0.717, 1.165) is 28.1 Å². The van der Waals surface area contributed by atoms with Crippen molar-refractivity contribution in [2.45, 2.75) is 13.8 Å². The Bertz CT molecular complexity index is 994. The van der Waals surface area contributed by atoms with Gasteiger partial charge in [-0.2, -0.15) is 10.5 Å². The molecule has 0 aliphatic carbocycles. The zero-order valence-electron chi connectivity index (χ0n) is 15.1. The number of nitrogens with one attached hydrogen (secondary N) is 1. The highest BCUT2D eigenvalue weighted by molar-refractivity contribution is 6.48. The molecule has 3 rings (SSSR count). The largest absolute Gasteiger partial charge is 0.361 e. The van der Waals surface area contributed by atoms with Crippen molar-refractivity contribution in [1.29, 1.82) is 10.5 Å². The Labute approximate surface area is 164 Å². The number of allylic oxidation sites excluding steroid dienone is 5. The van der Waals surface area contributed by atoms with E-state index in [1.807, 2.05) is 56.3 Å². The normalized spacial score (nSPS) is 15.2. The van der Waals surface area contributed by atoms with Crippen LogP contribution in [0.1, 0.15) is 19.4 Å². The van der Waals surface area contributed by atoms with Crippen LogP contribution in [-0.4, -0.2) is 0 Å². The topological polar surface area (TPSA) is 59.6 Å². The molecule has 1 heterocycles. The fourth-order valence-electron chi connectivity index (χ4n) is 3.20. The molecule has 0 bridgehead atoms. The van der Waals surface area contributed by atoms with Crippen LogP contribution in [0.2, 0.25) is 0 Å². The van der Waals surface area contributed by atoms with E-state index in [1.165, 1.54) is 0 Å². The molecule has 0 atom stereocenters. The molecule has 27 heavy (non-hydrogen) atoms. The van der Waals surface area contributed by atoms with Crippen molar-refractivity contribution in [3.8, 4) is 23.3 Å². The molecule has 4 heteroatoms. The Morgan fingerprint density at radius 3 is 1.93 bits per heavy atom. The number of nitriles is 2. The highest BCUT2D eigenvalue weighted by Gasteiger charge is 2.26. The van der Waals surface area contributed by atoms with Crippen LogP contribution in [0.25, 0.3) is 16.2 Å². The average Bonchev–Trinajstić information content (AvgIpc) is 2.69. The fraction of sp³-hybridized carbons (Fsp3) is 0.130. The predicted octanol–water partition coefficient (Wildman–Crippen LogP) is 5.75. The van der Waals surface area contributed by atoms with Crippen LogP contribution in [0.3, 0.4) is 0 Å². The summed E-state index contributed by atoms with van der Waals surface area (Å²) in [5.41, 5.74) is 5.61. The maximum Gasteiger partial charge on any atom is 0.0975 e. The lowest BCUT2D eigenvalue weighted by Crippen LogP contribution is -2.23. The summed E-state index contributed by atoms with van der Waals surface area (Å²) in [7, 11) is 0. The van der Waals surface area contributed by atoms with Crippen molar-refractivity contribution in [3.63, 3.8) is 0 Å². The summed E-state index contributed by atoms with van der Waals surface area (Å²) >= 11 is 6.55. The van der Waals surface area contributed by atoms with Crippen LogP contribution in [0.4, 0.5) is 0 Å². The van der Waals surface area contributed by atoms with E-state index in [9.17, 15) is 10.5 Å². The maximum atomic E-state index is 9.53. The standard InChI is InChI=1S/C23H18ClN3/c1-15-21(13-25)20(22(14-26)16(2)27-15)12-23(24)19-10-8-18(9-11-19)17-6-4-3-5-7-17/h3-12,20,27H,1-2H3. The number of rotatable bonds is 3. The molecule has 1 aliphatic heterocycles. The number of nitrogens with zero attached hydrogens (tertiary/aromatic N) is 2. The molecule has 0 spiro atoms. The molecule has 0 saturated carbocycles. The molecule has 0 unspecified atom stereocenters. The fourth-order valence-corrected chi connectivity index (χ4v) is 3.45. The number of halogens is 1. The van der Waals surface area contributed by atoms with Gasteiger partial charge in [0.25, 0.3) is 0 Å². The van der Waals surface area contributed by atoms with E-state index in [0.29, 0.717) is 16.2 Å². The van der Waals surface area contributed by atoms with Gasteiger partial charge in [-0.25, -0.2) is 0 Å². The molecule has 1 N–H and O–H groups in total. The first-order valence-electron chi connectivity index (χ1n) is 8.57. The Morgan fingerprint density at radius 1 is 0.889 bits per heavy atom. The third-order valence-electron chi connectivity index (χ3n) is 4.63. The van der Waals surface area contributed by atoms with E-state index in [-0.39, 0.29) is 0 Å². The summed E-state index contributed by atoms with van der Waals surface area (Å²) in [5.74, 6) is -0.442. The monoisotopic (exact) mass is 371 g/mol. The third-order valence-corrected chi connectivity index (χ3v) is 4.97. The number of benzene rings is 2. The van der Waals surface area contributed by atoms with E-state index >= 15 is 0 Å². The zero-order valence-corrected chi connectivity index (χ0v) is 15.9. The summed E-state index contributed by atoms with van der Waals surface area (Å²) in [4.78, 5) is 0. The Morgan fingerprint density at radius 2 is 1.41 bits per heavy atom. The zero-order chi connectivity index (χ0) is 19.4. The lowest BCUT2D eigenvalue weighted by molar-refractivity contribution is 0.799. The van der Waals surface area contributed by atoms with E-state index in [4.69, 9.17) is 11.6 Å². The summed E-state index contributed by atoms with van der Waals surface area (Å²) < 4.78 is 0. The number of hydrogen-bond acceptors (Lipinski definition) is 3. The second-order valence-corrected chi connectivity index (χ2v) is 6.77. The number of hydrogen-bond donors (Lipinski definition) is 1. The molecule has 0 radical (unpaired) electrons. The first-order chi connectivity index (χ1) is 13.0. The second-order valence-electron chi connectivity index (χ2n) is 6.36. The van der Waals surface area contributed by atoms with E-state index in [1.54, 1.807) is 6.08 Å². The molecule has 0 saturated heterocycles. The van der Waals surface area contributed by atoms with Crippen molar-refractivity contribution in [3.05, 3.63) is 88.8 Å². The molecule has 1 aliphatic rings. The van der Waals surface area contributed by atoms with Crippen LogP contribution in [-0.2, 0) is 0 Å². The predicted molar refractivity (Wildman–Crippen MR) is 109 cm³/mol. The number of dihydropyridines is 1. The van der Waals surface area contributed by atoms with Gasteiger partial charge in [0.05, 0.1) is 29.2 Å². The van der Waals surface area contributed by atoms with Gasteiger partial charge in [-0.3, -0.25) is 0 Å². The molecule has 3 nitrogen and oxygen atoms in total. The molecule has 2 aromatic carbocycles. The summed E-state index contributed by atoms with van der Waals surface area (Å²) in [6.07, 6.45) is 1.78. The smallest absolute Gasteiger partial charge is 0.0975 e. The van der Waals surface area contributed by atoms with Gasteiger partial charge in [0.1, 0.15) is 0 Å². The first-order valence-corrected chi connectivity index (χ1v) is 8.95. The van der Waals surface area contributed by atoms with Gasteiger partial charge in [0, 0.05) is 16.4 Å². The molecule has 2 aromatic rings. The van der Waals surface area contributed by atoms with Gasteiger partial charge in [-0.15, -0.1) is 0 Å². The summed E-state index contributed by atoms with van der Waals surface area (Å²) in [5, 5.41) is 22.7. The molecular formula is C23H18ClN3. The van der Waals surface area contributed by atoms with Crippen LogP contribution in [0.15, 0.2) is 83.2 Å². The van der Waals surface area contributed by atoms with Crippen molar-refractivity contribution < 1.29 is 0 Å². The van der Waals surface area contributed by atoms with Crippen molar-refractivity contribution >= 4 is 16.6 Å². The first kappa shape index (κ1) is 18.5. The van der Waals surface area contributed by atoms with Gasteiger partial charge in [0.2, 0.25) is 0 Å². The molecule has 0 aromatic heterocycles. The van der Waals surface area contributed by atoms with Gasteiger partial charge in [-0.1, -0.05) is 72.3 Å². The van der Waals surface area contributed by atoms with Crippen molar-refractivity contribution in [2.75, 3.05) is 0 Å². The Hall–Kier alpha value is -3.27. The minimum absolute atomic E-state index is 0.442. The SMILES string of the molecule is CC1=C(C#N)C(C=C(Cl)c2ccc(-c3ccccc3)cc2)C(C#N)=C(C)N1. The van der Waals surface area contributed by atoms with Gasteiger partial charge in [-0.05, 0) is 30.5 Å². The quantitative estimate of drug-likeness (QED) is 0.747. The highest BCUT2D eigenvalue weighted by atomic mass is 35.5. The third kappa shape index (κ3) is 3.80. The Kier molecular flexibility index (Phi) is 5.46. The van der Waals surface area contributed by atoms with E-state index in [2.05, 4.69) is 29.6 Å². The van der Waals surface area contributed by atoms with Gasteiger partial charge >= 0.3 is 0 Å². The molecule has 132 valence electrons. The average molecular weight is 372 g/mol. The van der Waals surface area contributed by atoms with Gasteiger partial charge in [0.15, 0.2) is 0 Å². The van der Waals surface area contributed by atoms with Crippen molar-refractivity contribution in [2.24, 2.45) is 5.92 Å². The molecule has 0 fully saturated rings. The van der Waals surface area contributed by atoms with E-state index < -0.39 is 5.92 Å². The van der Waals surface area contributed by atoms with Gasteiger partial charge < -0.3 is 5.32 Å². The second kappa shape index (κ2) is 7.96. The highest BCUT2D eigenvalue weighted by Crippen LogP contribution is 2.34. The van der Waals surface area contributed by atoms with Crippen LogP contribution < -0.4 is 5.32 Å². The minimum Gasteiger partial charge on any atom is -0.361 e. The Balaban J connectivity index is 1.96.